The van der Waals surface area contributed by atoms with Gasteiger partial charge >= 0.3 is 5.97 Å². The van der Waals surface area contributed by atoms with Crippen molar-refractivity contribution in [3.8, 4) is 11.4 Å². The van der Waals surface area contributed by atoms with E-state index in [4.69, 9.17) is 11.6 Å². The third-order valence-electron chi connectivity index (χ3n) is 2.14. The minimum absolute atomic E-state index is 0.122. The van der Waals surface area contributed by atoms with Gasteiger partial charge in [0, 0.05) is 12.4 Å². The molecule has 0 fully saturated rings. The van der Waals surface area contributed by atoms with E-state index < -0.39 is 5.97 Å². The summed E-state index contributed by atoms with van der Waals surface area (Å²) in [6.07, 6.45) is 3.16. The minimum atomic E-state index is -0.533. The molecule has 17 heavy (non-hydrogen) atoms. The van der Waals surface area contributed by atoms with Crippen LogP contribution in [0.2, 0.25) is 5.28 Å². The van der Waals surface area contributed by atoms with Crippen LogP contribution >= 0.6 is 11.6 Å². The van der Waals surface area contributed by atoms with Crippen molar-refractivity contribution in [2.75, 3.05) is 7.11 Å². The van der Waals surface area contributed by atoms with Crippen LogP contribution in [0.4, 0.5) is 0 Å². The number of carbonyl (C=O) groups excluding carboxylic acids is 1. The van der Waals surface area contributed by atoms with Crippen LogP contribution in [0.5, 0.6) is 0 Å². The van der Waals surface area contributed by atoms with E-state index in [0.29, 0.717) is 11.4 Å². The summed E-state index contributed by atoms with van der Waals surface area (Å²) in [6, 6.07) is 0. The van der Waals surface area contributed by atoms with E-state index in [-0.39, 0.29) is 11.1 Å². The molecule has 2 aromatic heterocycles. The molecule has 2 heterocycles. The summed E-state index contributed by atoms with van der Waals surface area (Å²) in [6.45, 7) is 1.83. The van der Waals surface area contributed by atoms with Gasteiger partial charge in [0.25, 0.3) is 0 Å². The third kappa shape index (κ3) is 2.26. The van der Waals surface area contributed by atoms with Crippen molar-refractivity contribution < 1.29 is 9.53 Å². The van der Waals surface area contributed by atoms with Gasteiger partial charge in [0.1, 0.15) is 5.69 Å². The standard InChI is InChI=1S/C10H9ClN4O2/c1-5-3-13-10(11)15-7(5)6-4-12-8(14-6)9(16)17-2/h3-4H,1-2H3,(H,12,14). The number of carbonyl (C=O) groups is 1. The van der Waals surface area contributed by atoms with Crippen LogP contribution < -0.4 is 0 Å². The number of ether oxygens (including phenoxy) is 1. The second-order valence-corrected chi connectivity index (χ2v) is 3.63. The van der Waals surface area contributed by atoms with Gasteiger partial charge in [-0.3, -0.25) is 0 Å². The molecule has 0 amide bonds. The second-order valence-electron chi connectivity index (χ2n) is 3.30. The smallest absolute Gasteiger partial charge is 0.374 e. The average Bonchev–Trinajstić information content (AvgIpc) is 2.80. The summed E-state index contributed by atoms with van der Waals surface area (Å²) >= 11 is 5.71. The lowest BCUT2D eigenvalue weighted by atomic mass is 10.2. The molecule has 0 atom stereocenters. The summed E-state index contributed by atoms with van der Waals surface area (Å²) in [5, 5.41) is 0.133. The lowest BCUT2D eigenvalue weighted by Crippen LogP contribution is -2.03. The zero-order chi connectivity index (χ0) is 12.4. The van der Waals surface area contributed by atoms with E-state index in [0.717, 1.165) is 5.56 Å². The minimum Gasteiger partial charge on any atom is -0.463 e. The first-order valence-corrected chi connectivity index (χ1v) is 5.13. The number of aromatic amines is 1. The molecule has 0 unspecified atom stereocenters. The van der Waals surface area contributed by atoms with Gasteiger partial charge in [-0.15, -0.1) is 0 Å². The van der Waals surface area contributed by atoms with Gasteiger partial charge in [-0.1, -0.05) is 0 Å². The molecule has 2 aromatic rings. The van der Waals surface area contributed by atoms with Crippen LogP contribution in [0, 0.1) is 6.92 Å². The topological polar surface area (TPSA) is 80.8 Å². The summed E-state index contributed by atoms with van der Waals surface area (Å²) in [5.41, 5.74) is 1.92. The highest BCUT2D eigenvalue weighted by molar-refractivity contribution is 6.28. The van der Waals surface area contributed by atoms with E-state index in [9.17, 15) is 4.79 Å². The number of imidazole rings is 1. The fourth-order valence-corrected chi connectivity index (χ4v) is 1.46. The first kappa shape index (κ1) is 11.5. The Balaban J connectivity index is 2.43. The molecular weight excluding hydrogens is 244 g/mol. The molecule has 88 valence electrons. The lowest BCUT2D eigenvalue weighted by molar-refractivity contribution is 0.0588. The van der Waals surface area contributed by atoms with Gasteiger partial charge in [-0.05, 0) is 24.1 Å². The fourth-order valence-electron chi connectivity index (χ4n) is 1.32. The Kier molecular flexibility index (Phi) is 3.06. The molecule has 0 aliphatic carbocycles. The van der Waals surface area contributed by atoms with Crippen molar-refractivity contribution in [3.05, 3.63) is 29.1 Å². The Hall–Kier alpha value is -1.95. The number of nitrogens with zero attached hydrogens (tertiary/aromatic N) is 3. The molecule has 0 saturated heterocycles. The number of esters is 1. The van der Waals surface area contributed by atoms with E-state index in [1.165, 1.54) is 7.11 Å². The first-order chi connectivity index (χ1) is 8.11. The maximum atomic E-state index is 11.2. The number of aromatic nitrogens is 4. The Labute approximate surface area is 102 Å². The number of methoxy groups -OCH3 is 1. The molecule has 6 nitrogen and oxygen atoms in total. The van der Waals surface area contributed by atoms with Crippen molar-refractivity contribution in [1.29, 1.82) is 0 Å². The predicted molar refractivity (Wildman–Crippen MR) is 60.7 cm³/mol. The van der Waals surface area contributed by atoms with E-state index in [2.05, 4.69) is 24.7 Å². The molecule has 0 saturated carbocycles. The van der Waals surface area contributed by atoms with E-state index >= 15 is 0 Å². The number of H-pyrrole nitrogens is 1. The van der Waals surface area contributed by atoms with E-state index in [1.54, 1.807) is 12.4 Å². The van der Waals surface area contributed by atoms with Gasteiger partial charge in [0.2, 0.25) is 11.1 Å². The number of hydrogen-bond donors (Lipinski definition) is 1. The zero-order valence-electron chi connectivity index (χ0n) is 9.19. The van der Waals surface area contributed by atoms with Crippen molar-refractivity contribution in [2.24, 2.45) is 0 Å². The molecule has 7 heteroatoms. The lowest BCUT2D eigenvalue weighted by Gasteiger charge is -2.00. The van der Waals surface area contributed by atoms with Gasteiger partial charge in [-0.25, -0.2) is 19.7 Å². The van der Waals surface area contributed by atoms with Crippen LogP contribution in [-0.2, 0) is 4.74 Å². The highest BCUT2D eigenvalue weighted by Crippen LogP contribution is 2.19. The molecule has 2 rings (SSSR count). The summed E-state index contributed by atoms with van der Waals surface area (Å²) in [4.78, 5) is 25.9. The maximum absolute atomic E-state index is 11.2. The largest absolute Gasteiger partial charge is 0.463 e. The van der Waals surface area contributed by atoms with Crippen LogP contribution in [0.25, 0.3) is 11.4 Å². The fraction of sp³-hybridized carbons (Fsp3) is 0.200. The molecular formula is C10H9ClN4O2. The number of aryl methyl sites for hydroxylation is 1. The van der Waals surface area contributed by atoms with Crippen LogP contribution in [0.3, 0.4) is 0 Å². The Morgan fingerprint density at radius 1 is 1.47 bits per heavy atom. The zero-order valence-corrected chi connectivity index (χ0v) is 9.95. The number of hydrogen-bond acceptors (Lipinski definition) is 5. The Morgan fingerprint density at radius 2 is 2.24 bits per heavy atom. The van der Waals surface area contributed by atoms with Crippen LogP contribution in [-0.4, -0.2) is 33.0 Å². The molecule has 0 aliphatic rings. The number of nitrogens with one attached hydrogen (secondary N) is 1. The molecule has 1 N–H and O–H groups in total. The summed E-state index contributed by atoms with van der Waals surface area (Å²) in [5.74, 6) is -0.411. The van der Waals surface area contributed by atoms with Crippen molar-refractivity contribution in [1.82, 2.24) is 19.9 Å². The highest BCUT2D eigenvalue weighted by atomic mass is 35.5. The first-order valence-electron chi connectivity index (χ1n) is 4.75. The molecule has 0 spiro atoms. The van der Waals surface area contributed by atoms with Crippen molar-refractivity contribution >= 4 is 17.6 Å². The van der Waals surface area contributed by atoms with Crippen LogP contribution in [0.15, 0.2) is 12.4 Å². The second kappa shape index (κ2) is 4.50. The van der Waals surface area contributed by atoms with Gasteiger partial charge in [0.05, 0.1) is 12.8 Å². The number of rotatable bonds is 2. The average molecular weight is 253 g/mol. The predicted octanol–water partition coefficient (Wildman–Crippen LogP) is 1.62. The SMILES string of the molecule is COC(=O)c1nc(-c2nc(Cl)ncc2C)c[nH]1. The Bertz CT molecular complexity index is 567. The molecule has 0 aliphatic heterocycles. The normalized spacial score (nSPS) is 10.3. The molecule has 0 aromatic carbocycles. The quantitative estimate of drug-likeness (QED) is 0.649. The molecule has 0 radical (unpaired) electrons. The van der Waals surface area contributed by atoms with E-state index in [1.807, 2.05) is 6.92 Å². The van der Waals surface area contributed by atoms with Crippen molar-refractivity contribution in [3.63, 3.8) is 0 Å². The van der Waals surface area contributed by atoms with Gasteiger partial charge in [-0.2, -0.15) is 0 Å². The van der Waals surface area contributed by atoms with Gasteiger partial charge < -0.3 is 9.72 Å². The monoisotopic (exact) mass is 252 g/mol. The van der Waals surface area contributed by atoms with Crippen LogP contribution in [0.1, 0.15) is 16.2 Å². The maximum Gasteiger partial charge on any atom is 0.374 e. The summed E-state index contributed by atoms with van der Waals surface area (Å²) < 4.78 is 4.55. The Morgan fingerprint density at radius 3 is 2.94 bits per heavy atom. The third-order valence-corrected chi connectivity index (χ3v) is 2.32. The van der Waals surface area contributed by atoms with Crippen molar-refractivity contribution in [2.45, 2.75) is 6.92 Å². The molecule has 0 bridgehead atoms. The number of halogens is 1. The van der Waals surface area contributed by atoms with Gasteiger partial charge in [0.15, 0.2) is 0 Å². The highest BCUT2D eigenvalue weighted by Gasteiger charge is 2.14. The summed E-state index contributed by atoms with van der Waals surface area (Å²) in [7, 11) is 1.29.